The Morgan fingerprint density at radius 3 is 2.61 bits per heavy atom. The number of nitrogens with one attached hydrogen (secondary N) is 2. The van der Waals surface area contributed by atoms with Crippen LogP contribution >= 0.6 is 28.3 Å². The van der Waals surface area contributed by atoms with Crippen molar-refractivity contribution in [3.63, 3.8) is 0 Å². The van der Waals surface area contributed by atoms with Gasteiger partial charge in [-0.3, -0.25) is 9.48 Å². The van der Waals surface area contributed by atoms with Gasteiger partial charge < -0.3 is 10.6 Å². The summed E-state index contributed by atoms with van der Waals surface area (Å²) < 4.78 is 2.85. The molecule has 0 radical (unpaired) electrons. The van der Waals surface area contributed by atoms with Crippen molar-refractivity contribution in [2.45, 2.75) is 24.9 Å². The molecule has 1 saturated heterocycles. The van der Waals surface area contributed by atoms with E-state index in [0.29, 0.717) is 6.54 Å². The largest absolute Gasteiger partial charge is 0.350 e. The SMILES string of the molecule is Cl.O=C(NCc1ccc(Br)cc1)C1(n2cccn2)CCNCC1. The zero-order chi connectivity index (χ0) is 15.4. The van der Waals surface area contributed by atoms with Gasteiger partial charge in [0.25, 0.3) is 0 Å². The van der Waals surface area contributed by atoms with Gasteiger partial charge in [0.05, 0.1) is 0 Å². The zero-order valence-electron chi connectivity index (χ0n) is 12.7. The molecule has 0 atom stereocenters. The van der Waals surface area contributed by atoms with Crippen LogP contribution in [0.15, 0.2) is 47.2 Å². The van der Waals surface area contributed by atoms with Gasteiger partial charge in [0.15, 0.2) is 0 Å². The van der Waals surface area contributed by atoms with E-state index in [9.17, 15) is 4.79 Å². The lowest BCUT2D eigenvalue weighted by molar-refractivity contribution is -0.132. The number of carbonyl (C=O) groups is 1. The van der Waals surface area contributed by atoms with Crippen molar-refractivity contribution in [3.05, 3.63) is 52.8 Å². The van der Waals surface area contributed by atoms with Gasteiger partial charge in [-0.25, -0.2) is 0 Å². The predicted molar refractivity (Wildman–Crippen MR) is 95.5 cm³/mol. The molecule has 0 unspecified atom stereocenters. The summed E-state index contributed by atoms with van der Waals surface area (Å²) in [6.45, 7) is 2.18. The first-order valence-corrected chi connectivity index (χ1v) is 8.24. The molecule has 1 aromatic carbocycles. The highest BCUT2D eigenvalue weighted by molar-refractivity contribution is 9.10. The molecule has 0 aliphatic carbocycles. The fourth-order valence-corrected chi connectivity index (χ4v) is 3.14. The normalized spacial score (nSPS) is 16.4. The van der Waals surface area contributed by atoms with Crippen LogP contribution in [0.25, 0.3) is 0 Å². The van der Waals surface area contributed by atoms with E-state index >= 15 is 0 Å². The molecule has 5 nitrogen and oxygen atoms in total. The van der Waals surface area contributed by atoms with Crippen LogP contribution < -0.4 is 10.6 Å². The van der Waals surface area contributed by atoms with Crippen molar-refractivity contribution < 1.29 is 4.79 Å². The van der Waals surface area contributed by atoms with Crippen molar-refractivity contribution >= 4 is 34.2 Å². The molecular formula is C16H20BrClN4O. The lowest BCUT2D eigenvalue weighted by atomic mass is 9.87. The van der Waals surface area contributed by atoms with E-state index in [0.717, 1.165) is 36.0 Å². The maximum atomic E-state index is 12.8. The number of hydrogen-bond acceptors (Lipinski definition) is 3. The third-order valence-corrected chi connectivity index (χ3v) is 4.69. The van der Waals surface area contributed by atoms with Crippen LogP contribution in [0.5, 0.6) is 0 Å². The van der Waals surface area contributed by atoms with Gasteiger partial charge in [-0.05, 0) is 49.7 Å². The first-order valence-electron chi connectivity index (χ1n) is 7.44. The average molecular weight is 400 g/mol. The fourth-order valence-electron chi connectivity index (χ4n) is 2.87. The predicted octanol–water partition coefficient (Wildman–Crippen LogP) is 2.46. The number of hydrogen-bond donors (Lipinski definition) is 2. The van der Waals surface area contributed by atoms with Crippen LogP contribution in [-0.2, 0) is 16.9 Å². The van der Waals surface area contributed by atoms with E-state index in [-0.39, 0.29) is 18.3 Å². The molecule has 0 spiro atoms. The molecule has 23 heavy (non-hydrogen) atoms. The van der Waals surface area contributed by atoms with E-state index in [1.807, 2.05) is 41.2 Å². The van der Waals surface area contributed by atoms with Crippen molar-refractivity contribution in [2.24, 2.45) is 0 Å². The second-order valence-corrected chi connectivity index (χ2v) is 6.46. The molecule has 2 aromatic rings. The van der Waals surface area contributed by atoms with Gasteiger partial charge in [-0.1, -0.05) is 28.1 Å². The minimum absolute atomic E-state index is 0. The Kier molecular flexibility index (Phi) is 6.21. The molecule has 2 heterocycles. The Morgan fingerprint density at radius 1 is 1.30 bits per heavy atom. The van der Waals surface area contributed by atoms with E-state index in [4.69, 9.17) is 0 Å². The van der Waals surface area contributed by atoms with Crippen LogP contribution in [0.2, 0.25) is 0 Å². The number of piperidine rings is 1. The van der Waals surface area contributed by atoms with Gasteiger partial charge in [-0.15, -0.1) is 12.4 Å². The van der Waals surface area contributed by atoms with Crippen LogP contribution in [-0.4, -0.2) is 28.8 Å². The smallest absolute Gasteiger partial charge is 0.248 e. The fraction of sp³-hybridized carbons (Fsp3) is 0.375. The monoisotopic (exact) mass is 398 g/mol. The van der Waals surface area contributed by atoms with Crippen LogP contribution in [0.1, 0.15) is 18.4 Å². The number of halogens is 2. The molecule has 1 fully saturated rings. The average Bonchev–Trinajstić information content (AvgIpc) is 3.09. The van der Waals surface area contributed by atoms with Crippen molar-refractivity contribution in [2.75, 3.05) is 13.1 Å². The summed E-state index contributed by atoms with van der Waals surface area (Å²) in [5, 5.41) is 10.7. The number of nitrogens with zero attached hydrogens (tertiary/aromatic N) is 2. The summed E-state index contributed by atoms with van der Waals surface area (Å²) in [5.74, 6) is 0.0422. The molecule has 124 valence electrons. The van der Waals surface area contributed by atoms with E-state index in [2.05, 4.69) is 31.7 Å². The Morgan fingerprint density at radius 2 is 2.00 bits per heavy atom. The van der Waals surface area contributed by atoms with Gasteiger partial charge >= 0.3 is 0 Å². The van der Waals surface area contributed by atoms with Crippen LogP contribution in [0.4, 0.5) is 0 Å². The van der Waals surface area contributed by atoms with Crippen LogP contribution in [0, 0.1) is 0 Å². The van der Waals surface area contributed by atoms with Gasteiger partial charge in [-0.2, -0.15) is 5.10 Å². The highest BCUT2D eigenvalue weighted by Gasteiger charge is 2.41. The number of amides is 1. The second kappa shape index (κ2) is 7.95. The first-order chi connectivity index (χ1) is 10.7. The van der Waals surface area contributed by atoms with Gasteiger partial charge in [0, 0.05) is 23.4 Å². The Bertz CT molecular complexity index is 624. The number of benzene rings is 1. The quantitative estimate of drug-likeness (QED) is 0.830. The summed E-state index contributed by atoms with van der Waals surface area (Å²) in [6, 6.07) is 9.84. The molecule has 1 amide bonds. The second-order valence-electron chi connectivity index (χ2n) is 5.54. The summed E-state index contributed by atoms with van der Waals surface area (Å²) in [4.78, 5) is 12.8. The first kappa shape index (κ1) is 18.0. The summed E-state index contributed by atoms with van der Waals surface area (Å²) in [5.41, 5.74) is 0.505. The maximum absolute atomic E-state index is 12.8. The topological polar surface area (TPSA) is 59.0 Å². The van der Waals surface area contributed by atoms with Crippen molar-refractivity contribution in [3.8, 4) is 0 Å². The molecule has 1 aliphatic heterocycles. The number of aromatic nitrogens is 2. The highest BCUT2D eigenvalue weighted by Crippen LogP contribution is 2.27. The maximum Gasteiger partial charge on any atom is 0.248 e. The highest BCUT2D eigenvalue weighted by atomic mass is 79.9. The standard InChI is InChI=1S/C16H19BrN4O.ClH/c17-14-4-2-13(3-5-14)12-19-15(22)16(6-9-18-10-7-16)21-11-1-8-20-21;/h1-5,8,11,18H,6-7,9-10,12H2,(H,19,22);1H. The lowest BCUT2D eigenvalue weighted by Gasteiger charge is -2.36. The van der Waals surface area contributed by atoms with E-state index in [1.165, 1.54) is 0 Å². The van der Waals surface area contributed by atoms with Crippen molar-refractivity contribution in [1.82, 2.24) is 20.4 Å². The van der Waals surface area contributed by atoms with Gasteiger partial charge in [0.2, 0.25) is 5.91 Å². The zero-order valence-corrected chi connectivity index (χ0v) is 15.1. The summed E-state index contributed by atoms with van der Waals surface area (Å²) in [6.07, 6.45) is 5.11. The third-order valence-electron chi connectivity index (χ3n) is 4.16. The summed E-state index contributed by atoms with van der Waals surface area (Å²) >= 11 is 3.42. The minimum atomic E-state index is -0.579. The molecule has 1 aliphatic rings. The third kappa shape index (κ3) is 3.94. The Hall–Kier alpha value is -1.37. The lowest BCUT2D eigenvalue weighted by Crippen LogP contribution is -2.54. The molecule has 0 saturated carbocycles. The Labute approximate surface area is 150 Å². The molecular weight excluding hydrogens is 380 g/mol. The van der Waals surface area contributed by atoms with Crippen molar-refractivity contribution in [1.29, 1.82) is 0 Å². The molecule has 3 rings (SSSR count). The summed E-state index contributed by atoms with van der Waals surface area (Å²) in [7, 11) is 0. The Balaban J connectivity index is 0.00000192. The minimum Gasteiger partial charge on any atom is -0.350 e. The van der Waals surface area contributed by atoms with Crippen LogP contribution in [0.3, 0.4) is 0 Å². The van der Waals surface area contributed by atoms with E-state index in [1.54, 1.807) is 6.20 Å². The van der Waals surface area contributed by atoms with E-state index < -0.39 is 5.54 Å². The number of rotatable bonds is 4. The molecule has 0 bridgehead atoms. The number of carbonyl (C=O) groups excluding carboxylic acids is 1. The molecule has 2 N–H and O–H groups in total. The van der Waals surface area contributed by atoms with Gasteiger partial charge in [0.1, 0.15) is 5.54 Å². The molecule has 7 heteroatoms. The molecule has 1 aromatic heterocycles.